The monoisotopic (exact) mass is 398 g/mol. The zero-order chi connectivity index (χ0) is 19.0. The van der Waals surface area contributed by atoms with E-state index in [1.807, 2.05) is 30.3 Å². The number of carbonyl (C=O) groups is 1. The number of carbonyl (C=O) groups excluding carboxylic acids is 1. The number of amides is 1. The lowest BCUT2D eigenvalue weighted by atomic mass is 10.1. The quantitative estimate of drug-likeness (QED) is 0.501. The Hall–Kier alpha value is -2.83. The fraction of sp³-hybridized carbons (Fsp3) is 0.100. The summed E-state index contributed by atoms with van der Waals surface area (Å²) in [7, 11) is 2.99. The van der Waals surface area contributed by atoms with Crippen molar-refractivity contribution in [1.29, 1.82) is 0 Å². The summed E-state index contributed by atoms with van der Waals surface area (Å²) >= 11 is 7.62. The van der Waals surface area contributed by atoms with Gasteiger partial charge in [-0.25, -0.2) is 4.98 Å². The van der Waals surface area contributed by atoms with Crippen LogP contribution in [0.5, 0.6) is 11.5 Å². The van der Waals surface area contributed by atoms with E-state index in [1.54, 1.807) is 12.1 Å². The number of nitrogens with zero attached hydrogens (tertiary/aromatic N) is 1. The predicted molar refractivity (Wildman–Crippen MR) is 110 cm³/mol. The number of methoxy groups -OCH3 is 2. The number of nitrogens with one attached hydrogen (secondary N) is 1. The Kier molecular flexibility index (Phi) is 4.59. The van der Waals surface area contributed by atoms with Gasteiger partial charge in [-0.2, -0.15) is 0 Å². The van der Waals surface area contributed by atoms with Gasteiger partial charge in [0.05, 0.1) is 29.5 Å². The van der Waals surface area contributed by atoms with Crippen LogP contribution in [0, 0.1) is 0 Å². The van der Waals surface area contributed by atoms with E-state index in [9.17, 15) is 4.79 Å². The molecule has 4 rings (SSSR count). The molecule has 0 aliphatic rings. The van der Waals surface area contributed by atoms with E-state index in [1.165, 1.54) is 25.6 Å². The number of halogens is 1. The van der Waals surface area contributed by atoms with E-state index in [0.717, 1.165) is 21.0 Å². The molecule has 0 unspecified atom stereocenters. The van der Waals surface area contributed by atoms with Gasteiger partial charge in [-0.1, -0.05) is 53.3 Å². The molecule has 0 saturated heterocycles. The largest absolute Gasteiger partial charge is 0.493 e. The van der Waals surface area contributed by atoms with E-state index in [4.69, 9.17) is 21.1 Å². The molecule has 3 aromatic carbocycles. The molecule has 0 fully saturated rings. The number of benzene rings is 3. The Labute approximate surface area is 164 Å². The van der Waals surface area contributed by atoms with Crippen molar-refractivity contribution in [2.24, 2.45) is 0 Å². The first-order chi connectivity index (χ1) is 13.1. The van der Waals surface area contributed by atoms with Crippen LogP contribution in [-0.4, -0.2) is 25.1 Å². The number of hydrogen-bond acceptors (Lipinski definition) is 5. The number of anilines is 1. The molecule has 1 amide bonds. The molecule has 27 heavy (non-hydrogen) atoms. The third-order valence-electron chi connectivity index (χ3n) is 4.20. The van der Waals surface area contributed by atoms with Gasteiger partial charge in [0.2, 0.25) is 0 Å². The first-order valence-corrected chi connectivity index (χ1v) is 9.31. The Bertz CT molecular complexity index is 1170. The Balaban J connectivity index is 1.69. The van der Waals surface area contributed by atoms with Crippen LogP contribution >= 0.6 is 22.9 Å². The van der Waals surface area contributed by atoms with E-state index in [-0.39, 0.29) is 5.91 Å². The molecule has 0 spiro atoms. The van der Waals surface area contributed by atoms with Gasteiger partial charge in [-0.3, -0.25) is 10.1 Å². The van der Waals surface area contributed by atoms with Gasteiger partial charge >= 0.3 is 0 Å². The van der Waals surface area contributed by atoms with Gasteiger partial charge in [-0.15, -0.1) is 0 Å². The maximum atomic E-state index is 12.7. The molecule has 0 aliphatic heterocycles. The molecular formula is C20H15ClN2O3S. The zero-order valence-electron chi connectivity index (χ0n) is 14.6. The summed E-state index contributed by atoms with van der Waals surface area (Å²) in [5, 5.41) is 5.84. The molecule has 4 aromatic rings. The van der Waals surface area contributed by atoms with Gasteiger partial charge < -0.3 is 9.47 Å². The van der Waals surface area contributed by atoms with Crippen molar-refractivity contribution in [3.8, 4) is 11.5 Å². The first-order valence-electron chi connectivity index (χ1n) is 8.12. The summed E-state index contributed by atoms with van der Waals surface area (Å²) in [4.78, 5) is 17.3. The molecule has 1 N–H and O–H groups in total. The van der Waals surface area contributed by atoms with Crippen molar-refractivity contribution in [3.63, 3.8) is 0 Å². The zero-order valence-corrected chi connectivity index (χ0v) is 16.1. The van der Waals surface area contributed by atoms with E-state index >= 15 is 0 Å². The second-order valence-corrected chi connectivity index (χ2v) is 7.24. The lowest BCUT2D eigenvalue weighted by Gasteiger charge is -2.11. The third kappa shape index (κ3) is 3.18. The van der Waals surface area contributed by atoms with Crippen molar-refractivity contribution in [2.75, 3.05) is 19.5 Å². The maximum absolute atomic E-state index is 12.7. The van der Waals surface area contributed by atoms with Crippen LogP contribution in [0.4, 0.5) is 5.13 Å². The Morgan fingerprint density at radius 3 is 2.70 bits per heavy atom. The summed E-state index contributed by atoms with van der Waals surface area (Å²) in [6.45, 7) is 0. The summed E-state index contributed by atoms with van der Waals surface area (Å²) in [6.07, 6.45) is 0. The van der Waals surface area contributed by atoms with Crippen LogP contribution in [0.2, 0.25) is 5.02 Å². The summed E-state index contributed by atoms with van der Waals surface area (Å²) in [5.41, 5.74) is 1.24. The predicted octanol–water partition coefficient (Wildman–Crippen LogP) is 5.37. The van der Waals surface area contributed by atoms with Crippen molar-refractivity contribution < 1.29 is 14.3 Å². The average Bonchev–Trinajstić information content (AvgIpc) is 3.10. The van der Waals surface area contributed by atoms with Crippen LogP contribution in [-0.2, 0) is 0 Å². The van der Waals surface area contributed by atoms with Gasteiger partial charge in [0.25, 0.3) is 5.91 Å². The van der Waals surface area contributed by atoms with E-state index in [2.05, 4.69) is 16.4 Å². The highest BCUT2D eigenvalue weighted by Gasteiger charge is 2.17. The molecule has 7 heteroatoms. The summed E-state index contributed by atoms with van der Waals surface area (Å²) in [6, 6.07) is 15.2. The molecule has 136 valence electrons. The lowest BCUT2D eigenvalue weighted by Crippen LogP contribution is -2.12. The van der Waals surface area contributed by atoms with E-state index in [0.29, 0.717) is 27.2 Å². The molecule has 1 aromatic heterocycles. The minimum absolute atomic E-state index is 0.303. The number of hydrogen-bond donors (Lipinski definition) is 1. The highest BCUT2D eigenvalue weighted by Crippen LogP contribution is 2.37. The summed E-state index contributed by atoms with van der Waals surface area (Å²) in [5.74, 6) is 0.467. The van der Waals surface area contributed by atoms with Crippen molar-refractivity contribution >= 4 is 55.0 Å². The number of fused-ring (bicyclic) bond motifs is 3. The summed E-state index contributed by atoms with van der Waals surface area (Å²) < 4.78 is 11.5. The van der Waals surface area contributed by atoms with Gasteiger partial charge in [0.15, 0.2) is 16.6 Å². The van der Waals surface area contributed by atoms with Crippen LogP contribution < -0.4 is 14.8 Å². The third-order valence-corrected chi connectivity index (χ3v) is 5.42. The number of thiazole rings is 1. The standard InChI is InChI=1S/C20H15ClN2O3S/c1-25-15-10-12(9-14(21)18(15)26-2)19(24)23-20-22-17-13-6-4-3-5-11(13)7-8-16(17)27-20/h3-10H,1-2H3,(H,22,23,24). The van der Waals surface area contributed by atoms with Gasteiger partial charge in [0.1, 0.15) is 0 Å². The van der Waals surface area contributed by atoms with Crippen molar-refractivity contribution in [1.82, 2.24) is 4.98 Å². The highest BCUT2D eigenvalue weighted by molar-refractivity contribution is 7.22. The van der Waals surface area contributed by atoms with Crippen LogP contribution in [0.25, 0.3) is 21.0 Å². The Morgan fingerprint density at radius 2 is 1.93 bits per heavy atom. The van der Waals surface area contributed by atoms with Gasteiger partial charge in [0, 0.05) is 10.9 Å². The van der Waals surface area contributed by atoms with Crippen LogP contribution in [0.3, 0.4) is 0 Å². The molecule has 1 heterocycles. The fourth-order valence-electron chi connectivity index (χ4n) is 2.93. The van der Waals surface area contributed by atoms with Gasteiger partial charge in [-0.05, 0) is 23.6 Å². The van der Waals surface area contributed by atoms with Crippen LogP contribution in [0.1, 0.15) is 10.4 Å². The average molecular weight is 399 g/mol. The topological polar surface area (TPSA) is 60.5 Å². The fourth-order valence-corrected chi connectivity index (χ4v) is 4.10. The van der Waals surface area contributed by atoms with Crippen molar-refractivity contribution in [2.45, 2.75) is 0 Å². The lowest BCUT2D eigenvalue weighted by molar-refractivity contribution is 0.102. The second kappa shape index (κ2) is 7.06. The highest BCUT2D eigenvalue weighted by atomic mass is 35.5. The smallest absolute Gasteiger partial charge is 0.257 e. The minimum Gasteiger partial charge on any atom is -0.493 e. The molecule has 5 nitrogen and oxygen atoms in total. The van der Waals surface area contributed by atoms with Crippen molar-refractivity contribution in [3.05, 3.63) is 59.1 Å². The molecular weight excluding hydrogens is 384 g/mol. The minimum atomic E-state index is -0.318. The molecule has 0 saturated carbocycles. The number of rotatable bonds is 4. The molecule has 0 radical (unpaired) electrons. The molecule has 0 atom stereocenters. The number of aromatic nitrogens is 1. The molecule has 0 aliphatic carbocycles. The number of ether oxygens (including phenoxy) is 2. The molecule has 0 bridgehead atoms. The first kappa shape index (κ1) is 17.6. The second-order valence-electron chi connectivity index (χ2n) is 5.80. The van der Waals surface area contributed by atoms with E-state index < -0.39 is 0 Å². The Morgan fingerprint density at radius 1 is 1.11 bits per heavy atom. The maximum Gasteiger partial charge on any atom is 0.257 e. The van der Waals surface area contributed by atoms with Crippen LogP contribution in [0.15, 0.2) is 48.5 Å². The SMILES string of the molecule is COc1cc(C(=O)Nc2nc3c(ccc4ccccc43)s2)cc(Cl)c1OC. The normalized spacial score (nSPS) is 10.9.